The van der Waals surface area contributed by atoms with Gasteiger partial charge in [-0.15, -0.1) is 0 Å². The number of H-pyrrole nitrogens is 1. The fraction of sp³-hybridized carbons (Fsp3) is 0.391. The summed E-state index contributed by atoms with van der Waals surface area (Å²) in [5.41, 5.74) is 5.25. The molecule has 1 aromatic carbocycles. The number of halogens is 1. The second kappa shape index (κ2) is 7.72. The summed E-state index contributed by atoms with van der Waals surface area (Å²) in [5.74, 6) is 0.519. The largest absolute Gasteiger partial charge is 0.384 e. The highest BCUT2D eigenvalue weighted by Gasteiger charge is 2.20. The lowest BCUT2D eigenvalue weighted by Gasteiger charge is -2.35. The van der Waals surface area contributed by atoms with Gasteiger partial charge in [-0.3, -0.25) is 9.69 Å². The van der Waals surface area contributed by atoms with Crippen molar-refractivity contribution in [1.29, 1.82) is 0 Å². The third-order valence-electron chi connectivity index (χ3n) is 6.19. The summed E-state index contributed by atoms with van der Waals surface area (Å²) < 4.78 is 13.1. The molecule has 5 rings (SSSR count). The second-order valence-electron chi connectivity index (χ2n) is 8.27. The third-order valence-corrected chi connectivity index (χ3v) is 6.19. The van der Waals surface area contributed by atoms with Gasteiger partial charge in [0.2, 0.25) is 0 Å². The first-order chi connectivity index (χ1) is 14.6. The van der Waals surface area contributed by atoms with Crippen LogP contribution < -0.4 is 15.8 Å². The SMILES string of the molecule is Cc1cc(CN2CCN(c3ccc(F)cn3)CC2)cc2[nH]c(=O)c3c(c12)NCCC3. The third kappa shape index (κ3) is 3.54. The minimum absolute atomic E-state index is 0.0293. The van der Waals surface area contributed by atoms with Crippen LogP contribution in [-0.4, -0.2) is 47.6 Å². The number of benzene rings is 1. The summed E-state index contributed by atoms with van der Waals surface area (Å²) in [6.07, 6.45) is 3.11. The van der Waals surface area contributed by atoms with E-state index in [1.165, 1.54) is 23.4 Å². The molecule has 3 aromatic rings. The van der Waals surface area contributed by atoms with Crippen molar-refractivity contribution >= 4 is 22.4 Å². The lowest BCUT2D eigenvalue weighted by atomic mass is 9.97. The predicted molar refractivity (Wildman–Crippen MR) is 118 cm³/mol. The van der Waals surface area contributed by atoms with Crippen LogP contribution in [0.2, 0.25) is 0 Å². The molecule has 2 aliphatic heterocycles. The summed E-state index contributed by atoms with van der Waals surface area (Å²) in [6, 6.07) is 7.56. The number of piperazine rings is 1. The summed E-state index contributed by atoms with van der Waals surface area (Å²) in [6.45, 7) is 7.43. The highest BCUT2D eigenvalue weighted by Crippen LogP contribution is 2.31. The smallest absolute Gasteiger partial charge is 0.253 e. The van der Waals surface area contributed by atoms with Crippen molar-refractivity contribution in [2.24, 2.45) is 0 Å². The number of aromatic nitrogens is 2. The molecule has 2 aromatic heterocycles. The van der Waals surface area contributed by atoms with Crippen LogP contribution in [0.3, 0.4) is 0 Å². The molecular weight excluding hydrogens is 381 g/mol. The molecule has 0 aliphatic carbocycles. The van der Waals surface area contributed by atoms with Crippen LogP contribution >= 0.6 is 0 Å². The number of nitrogens with one attached hydrogen (secondary N) is 2. The lowest BCUT2D eigenvalue weighted by molar-refractivity contribution is 0.249. The molecule has 156 valence electrons. The molecule has 30 heavy (non-hydrogen) atoms. The Bertz CT molecular complexity index is 1130. The lowest BCUT2D eigenvalue weighted by Crippen LogP contribution is -2.46. The van der Waals surface area contributed by atoms with E-state index in [2.05, 4.69) is 44.1 Å². The molecule has 4 heterocycles. The number of nitrogens with zero attached hydrogens (tertiary/aromatic N) is 3. The first-order valence-corrected chi connectivity index (χ1v) is 10.6. The predicted octanol–water partition coefficient (Wildman–Crippen LogP) is 3.05. The van der Waals surface area contributed by atoms with Crippen LogP contribution in [0.5, 0.6) is 0 Å². The van der Waals surface area contributed by atoms with E-state index in [0.29, 0.717) is 0 Å². The average Bonchev–Trinajstić information content (AvgIpc) is 2.75. The Morgan fingerprint density at radius 2 is 2.00 bits per heavy atom. The number of rotatable bonds is 3. The van der Waals surface area contributed by atoms with Crippen molar-refractivity contribution in [1.82, 2.24) is 14.9 Å². The number of hydrogen-bond acceptors (Lipinski definition) is 5. The van der Waals surface area contributed by atoms with E-state index in [4.69, 9.17) is 0 Å². The van der Waals surface area contributed by atoms with Crippen LogP contribution in [0.1, 0.15) is 23.1 Å². The molecule has 0 amide bonds. The highest BCUT2D eigenvalue weighted by molar-refractivity contribution is 5.96. The minimum Gasteiger partial charge on any atom is -0.384 e. The van der Waals surface area contributed by atoms with Crippen LogP contribution in [0, 0.1) is 12.7 Å². The Labute approximate surface area is 174 Å². The Morgan fingerprint density at radius 1 is 1.17 bits per heavy atom. The molecule has 6 nitrogen and oxygen atoms in total. The molecule has 1 fully saturated rings. The Morgan fingerprint density at radius 3 is 2.77 bits per heavy atom. The number of aromatic amines is 1. The first kappa shape index (κ1) is 19.1. The Hall–Kier alpha value is -2.93. The van der Waals surface area contributed by atoms with E-state index in [1.807, 2.05) is 0 Å². The van der Waals surface area contributed by atoms with E-state index in [-0.39, 0.29) is 11.4 Å². The van der Waals surface area contributed by atoms with Gasteiger partial charge in [-0.2, -0.15) is 0 Å². The maximum Gasteiger partial charge on any atom is 0.253 e. The van der Waals surface area contributed by atoms with Crippen LogP contribution in [0.15, 0.2) is 35.3 Å². The van der Waals surface area contributed by atoms with Gasteiger partial charge in [0.1, 0.15) is 11.6 Å². The summed E-state index contributed by atoms with van der Waals surface area (Å²) in [5, 5.41) is 4.59. The van der Waals surface area contributed by atoms with Crippen molar-refractivity contribution in [2.75, 3.05) is 42.9 Å². The monoisotopic (exact) mass is 407 g/mol. The number of fused-ring (bicyclic) bond motifs is 3. The zero-order valence-corrected chi connectivity index (χ0v) is 17.2. The van der Waals surface area contributed by atoms with Crippen LogP contribution in [0.4, 0.5) is 15.9 Å². The van der Waals surface area contributed by atoms with E-state index in [9.17, 15) is 9.18 Å². The fourth-order valence-corrected chi connectivity index (χ4v) is 4.71. The van der Waals surface area contributed by atoms with E-state index in [1.54, 1.807) is 6.07 Å². The van der Waals surface area contributed by atoms with Crippen molar-refractivity contribution in [3.05, 3.63) is 63.3 Å². The van der Waals surface area contributed by atoms with Crippen molar-refractivity contribution in [2.45, 2.75) is 26.3 Å². The van der Waals surface area contributed by atoms with Crippen molar-refractivity contribution in [3.8, 4) is 0 Å². The molecule has 1 saturated heterocycles. The maximum absolute atomic E-state index is 13.1. The van der Waals surface area contributed by atoms with Crippen LogP contribution in [-0.2, 0) is 13.0 Å². The average molecular weight is 407 g/mol. The molecule has 0 radical (unpaired) electrons. The van der Waals surface area contributed by atoms with Gasteiger partial charge in [0.15, 0.2) is 0 Å². The maximum atomic E-state index is 13.1. The van der Waals surface area contributed by atoms with Gasteiger partial charge < -0.3 is 15.2 Å². The Kier molecular flexibility index (Phi) is 4.90. The van der Waals surface area contributed by atoms with Crippen LogP contribution in [0.25, 0.3) is 10.9 Å². The highest BCUT2D eigenvalue weighted by atomic mass is 19.1. The molecule has 0 saturated carbocycles. The fourth-order valence-electron chi connectivity index (χ4n) is 4.71. The molecule has 0 spiro atoms. The second-order valence-corrected chi connectivity index (χ2v) is 8.27. The molecule has 2 N–H and O–H groups in total. The first-order valence-electron chi connectivity index (χ1n) is 10.6. The van der Waals surface area contributed by atoms with Crippen molar-refractivity contribution in [3.63, 3.8) is 0 Å². The molecular formula is C23H26FN5O. The van der Waals surface area contributed by atoms with E-state index < -0.39 is 0 Å². The molecule has 0 unspecified atom stereocenters. The van der Waals surface area contributed by atoms with Gasteiger partial charge in [0.25, 0.3) is 5.56 Å². The van der Waals surface area contributed by atoms with Crippen molar-refractivity contribution < 1.29 is 4.39 Å². The van der Waals surface area contributed by atoms with Gasteiger partial charge in [0, 0.05) is 50.2 Å². The zero-order valence-electron chi connectivity index (χ0n) is 17.2. The molecule has 2 aliphatic rings. The normalized spacial score (nSPS) is 17.1. The van der Waals surface area contributed by atoms with Gasteiger partial charge in [-0.05, 0) is 49.1 Å². The number of anilines is 2. The number of hydrogen-bond donors (Lipinski definition) is 2. The molecule has 7 heteroatoms. The minimum atomic E-state index is -0.307. The van der Waals surface area contributed by atoms with Gasteiger partial charge >= 0.3 is 0 Å². The Balaban J connectivity index is 1.34. The topological polar surface area (TPSA) is 64.3 Å². The standard InChI is InChI=1S/C23H26FN5O/c1-15-11-16(12-19-21(15)22-18(23(30)27-19)3-2-6-25-22)14-28-7-9-29(10-8-28)20-5-4-17(24)13-26-20/h4-5,11-13,25H,2-3,6-10,14H2,1H3,(H,27,30). The summed E-state index contributed by atoms with van der Waals surface area (Å²) >= 11 is 0. The molecule has 0 atom stereocenters. The number of pyridine rings is 2. The number of aryl methyl sites for hydroxylation is 1. The van der Waals surface area contributed by atoms with Gasteiger partial charge in [0.05, 0.1) is 17.4 Å². The summed E-state index contributed by atoms with van der Waals surface area (Å²) in [7, 11) is 0. The summed E-state index contributed by atoms with van der Waals surface area (Å²) in [4.78, 5) is 24.4. The quantitative estimate of drug-likeness (QED) is 0.699. The van der Waals surface area contributed by atoms with E-state index in [0.717, 1.165) is 80.1 Å². The van der Waals surface area contributed by atoms with E-state index >= 15 is 0 Å². The van der Waals surface area contributed by atoms with Gasteiger partial charge in [-0.1, -0.05) is 6.07 Å². The zero-order chi connectivity index (χ0) is 20.7. The van der Waals surface area contributed by atoms with Gasteiger partial charge in [-0.25, -0.2) is 9.37 Å². The molecule has 0 bridgehead atoms.